The molecular formula is C20H20ClN3O5S2. The van der Waals surface area contributed by atoms with Gasteiger partial charge in [0.25, 0.3) is 5.91 Å². The van der Waals surface area contributed by atoms with Gasteiger partial charge in [0.15, 0.2) is 0 Å². The average molecular weight is 482 g/mol. The molecule has 11 heteroatoms. The van der Waals surface area contributed by atoms with Gasteiger partial charge in [-0.15, -0.1) is 12.6 Å². The summed E-state index contributed by atoms with van der Waals surface area (Å²) in [6.45, 7) is 1.39. The zero-order valence-corrected chi connectivity index (χ0v) is 18.8. The molecule has 2 amide bonds. The number of carbonyl (C=O) groups excluding carboxylic acids is 2. The maximum atomic E-state index is 12.4. The van der Waals surface area contributed by atoms with Crippen molar-refractivity contribution in [1.29, 1.82) is 0 Å². The fraction of sp³-hybridized carbons (Fsp3) is 0.300. The highest BCUT2D eigenvalue weighted by molar-refractivity contribution is 7.89. The molecule has 0 aliphatic carbocycles. The molecule has 2 aromatic carbocycles. The quantitative estimate of drug-likeness (QED) is 0.618. The number of nitrogens with one attached hydrogen (secondary N) is 1. The summed E-state index contributed by atoms with van der Waals surface area (Å²) in [6, 6.07) is 10.9. The number of sulfonamides is 1. The number of hydrogen-bond donors (Lipinski definition) is 2. The Kier molecular flexibility index (Phi) is 6.16. The van der Waals surface area contributed by atoms with Crippen LogP contribution < -0.4 is 10.2 Å². The lowest BCUT2D eigenvalue weighted by molar-refractivity contribution is 0.0913. The topological polar surface area (TPSA) is 96.0 Å². The standard InChI is InChI=1S/C20H20ClN3O5S2/c21-13-2-7-18(30)17(10-13)19(25)22-11-15-12-24(20(26)29-15)14-3-5-16(6-4-14)31(27,28)23-8-1-9-23/h2-7,10,15,30H,1,8-9,11-12H2,(H,22,25)/t15-/m0/s1. The number of amides is 2. The summed E-state index contributed by atoms with van der Waals surface area (Å²) in [4.78, 5) is 26.7. The van der Waals surface area contributed by atoms with Gasteiger partial charge in [-0.1, -0.05) is 11.6 Å². The average Bonchev–Trinajstić information content (AvgIpc) is 3.07. The normalized spacial score (nSPS) is 19.1. The van der Waals surface area contributed by atoms with Crippen molar-refractivity contribution in [3.8, 4) is 0 Å². The van der Waals surface area contributed by atoms with Crippen molar-refractivity contribution in [1.82, 2.24) is 9.62 Å². The van der Waals surface area contributed by atoms with Crippen molar-refractivity contribution in [2.45, 2.75) is 22.3 Å². The van der Waals surface area contributed by atoms with Crippen LogP contribution in [0.5, 0.6) is 0 Å². The first-order valence-electron chi connectivity index (χ1n) is 9.61. The molecule has 0 aromatic heterocycles. The summed E-state index contributed by atoms with van der Waals surface area (Å²) >= 11 is 10.2. The van der Waals surface area contributed by atoms with E-state index in [0.29, 0.717) is 34.3 Å². The van der Waals surface area contributed by atoms with E-state index in [1.807, 2.05) is 0 Å². The number of rotatable bonds is 6. The number of anilines is 1. The lowest BCUT2D eigenvalue weighted by atomic mass is 10.2. The second kappa shape index (κ2) is 8.70. The van der Waals surface area contributed by atoms with E-state index in [0.717, 1.165) is 6.42 Å². The molecule has 0 radical (unpaired) electrons. The minimum Gasteiger partial charge on any atom is -0.442 e. The van der Waals surface area contributed by atoms with Crippen LogP contribution in [0.2, 0.25) is 5.02 Å². The van der Waals surface area contributed by atoms with Gasteiger partial charge in [0.2, 0.25) is 10.0 Å². The van der Waals surface area contributed by atoms with Crippen molar-refractivity contribution in [2.75, 3.05) is 31.1 Å². The summed E-state index contributed by atoms with van der Waals surface area (Å²) in [5, 5.41) is 3.14. The van der Waals surface area contributed by atoms with Gasteiger partial charge in [-0.25, -0.2) is 13.2 Å². The number of thiol groups is 1. The molecular weight excluding hydrogens is 462 g/mol. The molecule has 0 bridgehead atoms. The van der Waals surface area contributed by atoms with E-state index in [9.17, 15) is 18.0 Å². The maximum absolute atomic E-state index is 12.4. The van der Waals surface area contributed by atoms with Crippen LogP contribution in [0.25, 0.3) is 0 Å². The third-order valence-electron chi connectivity index (χ3n) is 5.17. The highest BCUT2D eigenvalue weighted by Crippen LogP contribution is 2.26. The Labute approximate surface area is 190 Å². The molecule has 31 heavy (non-hydrogen) atoms. The second-order valence-electron chi connectivity index (χ2n) is 7.24. The SMILES string of the molecule is O=C(NC[C@H]1CN(c2ccc(S(=O)(=O)N3CCC3)cc2)C(=O)O1)c1cc(Cl)ccc1S. The number of halogens is 1. The summed E-state index contributed by atoms with van der Waals surface area (Å²) in [5.74, 6) is -0.373. The molecule has 2 heterocycles. The highest BCUT2D eigenvalue weighted by Gasteiger charge is 2.34. The van der Waals surface area contributed by atoms with Gasteiger partial charge in [0, 0.05) is 28.7 Å². The Bertz CT molecular complexity index is 1120. The van der Waals surface area contributed by atoms with E-state index in [1.54, 1.807) is 24.3 Å². The highest BCUT2D eigenvalue weighted by atomic mass is 35.5. The van der Waals surface area contributed by atoms with E-state index < -0.39 is 22.2 Å². The fourth-order valence-electron chi connectivity index (χ4n) is 3.31. The van der Waals surface area contributed by atoms with E-state index in [1.165, 1.54) is 27.4 Å². The number of hydrogen-bond acceptors (Lipinski definition) is 6. The first-order chi connectivity index (χ1) is 14.8. The van der Waals surface area contributed by atoms with Crippen LogP contribution in [0, 0.1) is 0 Å². The van der Waals surface area contributed by atoms with Gasteiger partial charge in [0.05, 0.1) is 23.5 Å². The molecule has 2 saturated heterocycles. The summed E-state index contributed by atoms with van der Waals surface area (Å²) in [7, 11) is -3.48. The smallest absolute Gasteiger partial charge is 0.414 e. The molecule has 2 aliphatic rings. The molecule has 2 aliphatic heterocycles. The van der Waals surface area contributed by atoms with Crippen LogP contribution >= 0.6 is 24.2 Å². The van der Waals surface area contributed by atoms with Crippen LogP contribution in [0.3, 0.4) is 0 Å². The van der Waals surface area contributed by atoms with E-state index in [4.69, 9.17) is 16.3 Å². The monoisotopic (exact) mass is 481 g/mol. The van der Waals surface area contributed by atoms with E-state index in [2.05, 4.69) is 17.9 Å². The zero-order valence-electron chi connectivity index (χ0n) is 16.3. The van der Waals surface area contributed by atoms with Crippen molar-refractivity contribution >= 4 is 51.9 Å². The molecule has 8 nitrogen and oxygen atoms in total. The molecule has 1 atom stereocenters. The molecule has 0 spiro atoms. The minimum atomic E-state index is -3.48. The Morgan fingerprint density at radius 3 is 2.55 bits per heavy atom. The third kappa shape index (κ3) is 4.52. The zero-order chi connectivity index (χ0) is 22.2. The van der Waals surface area contributed by atoms with Gasteiger partial charge < -0.3 is 10.1 Å². The Hall–Kier alpha value is -2.27. The number of cyclic esters (lactones) is 1. The van der Waals surface area contributed by atoms with E-state index in [-0.39, 0.29) is 23.9 Å². The molecule has 0 unspecified atom stereocenters. The van der Waals surface area contributed by atoms with Crippen LogP contribution in [0.4, 0.5) is 10.5 Å². The lowest BCUT2D eigenvalue weighted by Gasteiger charge is -2.29. The summed E-state index contributed by atoms with van der Waals surface area (Å²) in [6.07, 6.45) is -0.250. The predicted octanol–water partition coefficient (Wildman–Crippen LogP) is 2.78. The Balaban J connectivity index is 1.38. The maximum Gasteiger partial charge on any atom is 0.414 e. The van der Waals surface area contributed by atoms with Gasteiger partial charge in [0.1, 0.15) is 6.10 Å². The first-order valence-corrected chi connectivity index (χ1v) is 11.9. The van der Waals surface area contributed by atoms with Crippen LogP contribution in [-0.2, 0) is 14.8 Å². The first kappa shape index (κ1) is 21.9. The Morgan fingerprint density at radius 2 is 1.90 bits per heavy atom. The van der Waals surface area contributed by atoms with Gasteiger partial charge >= 0.3 is 6.09 Å². The van der Waals surface area contributed by atoms with Gasteiger partial charge in [-0.3, -0.25) is 9.69 Å². The largest absolute Gasteiger partial charge is 0.442 e. The lowest BCUT2D eigenvalue weighted by Crippen LogP contribution is -2.41. The van der Waals surface area contributed by atoms with Crippen molar-refractivity contribution in [3.05, 3.63) is 53.1 Å². The van der Waals surface area contributed by atoms with Gasteiger partial charge in [-0.05, 0) is 48.9 Å². The van der Waals surface area contributed by atoms with E-state index >= 15 is 0 Å². The second-order valence-corrected chi connectivity index (χ2v) is 10.1. The van der Waals surface area contributed by atoms with Gasteiger partial charge in [-0.2, -0.15) is 4.31 Å². The van der Waals surface area contributed by atoms with Crippen molar-refractivity contribution in [2.24, 2.45) is 0 Å². The number of nitrogens with zero attached hydrogens (tertiary/aromatic N) is 2. The fourth-order valence-corrected chi connectivity index (χ4v) is 5.24. The van der Waals surface area contributed by atoms with Crippen molar-refractivity contribution in [3.63, 3.8) is 0 Å². The molecule has 0 saturated carbocycles. The van der Waals surface area contributed by atoms with Crippen LogP contribution in [-0.4, -0.2) is 57.0 Å². The summed E-state index contributed by atoms with van der Waals surface area (Å²) in [5.41, 5.74) is 0.852. The Morgan fingerprint density at radius 1 is 1.19 bits per heavy atom. The third-order valence-corrected chi connectivity index (χ3v) is 7.71. The van der Waals surface area contributed by atoms with Crippen molar-refractivity contribution < 1.29 is 22.7 Å². The predicted molar refractivity (Wildman–Crippen MR) is 118 cm³/mol. The van der Waals surface area contributed by atoms with Crippen LogP contribution in [0.15, 0.2) is 52.3 Å². The number of carbonyl (C=O) groups is 2. The molecule has 164 valence electrons. The van der Waals surface area contributed by atoms with Crippen LogP contribution in [0.1, 0.15) is 16.8 Å². The summed E-state index contributed by atoms with van der Waals surface area (Å²) < 4.78 is 31.6. The number of ether oxygens (including phenoxy) is 1. The molecule has 4 rings (SSSR count). The molecule has 1 N–H and O–H groups in total. The minimum absolute atomic E-state index is 0.113. The number of benzene rings is 2. The molecule has 2 aromatic rings. The molecule has 2 fully saturated rings.